The zero-order valence-corrected chi connectivity index (χ0v) is 14.1. The maximum atomic E-state index is 13.0. The second kappa shape index (κ2) is 7.54. The highest BCUT2D eigenvalue weighted by Crippen LogP contribution is 2.23. The topological polar surface area (TPSA) is 101 Å². The van der Waals surface area contributed by atoms with Gasteiger partial charge in [0.05, 0.1) is 0 Å². The molecule has 2 amide bonds. The van der Waals surface area contributed by atoms with Crippen LogP contribution in [0, 0.1) is 17.1 Å². The number of para-hydroxylation sites is 1. The normalized spacial score (nSPS) is 11.2. The van der Waals surface area contributed by atoms with Crippen molar-refractivity contribution in [1.29, 1.82) is 5.26 Å². The Hall–Kier alpha value is -3.92. The SMILES string of the molecule is N#C/C(=C/c1cn(CC(=O)Nc2ccc(F)cc2)c2ccccc12)C(N)=O. The summed E-state index contributed by atoms with van der Waals surface area (Å²) in [4.78, 5) is 23.7. The molecule has 134 valence electrons. The average molecular weight is 362 g/mol. The average Bonchev–Trinajstić information content (AvgIpc) is 2.99. The third-order valence-electron chi connectivity index (χ3n) is 3.95. The fraction of sp³-hybridized carbons (Fsp3) is 0.0500. The second-order valence-electron chi connectivity index (χ2n) is 5.82. The van der Waals surface area contributed by atoms with E-state index in [2.05, 4.69) is 5.32 Å². The van der Waals surface area contributed by atoms with Crippen molar-refractivity contribution in [2.24, 2.45) is 5.73 Å². The molecule has 0 bridgehead atoms. The summed E-state index contributed by atoms with van der Waals surface area (Å²) in [6, 6.07) is 14.5. The molecule has 0 atom stereocenters. The molecule has 3 aromatic rings. The van der Waals surface area contributed by atoms with E-state index in [1.807, 2.05) is 24.3 Å². The molecule has 0 aliphatic rings. The molecular formula is C20H15FN4O2. The number of carbonyl (C=O) groups is 2. The van der Waals surface area contributed by atoms with Crippen molar-refractivity contribution in [2.45, 2.75) is 6.54 Å². The van der Waals surface area contributed by atoms with Gasteiger partial charge in [0.25, 0.3) is 5.91 Å². The van der Waals surface area contributed by atoms with Crippen LogP contribution in [0.2, 0.25) is 0 Å². The molecule has 1 heterocycles. The van der Waals surface area contributed by atoms with Gasteiger partial charge in [0.2, 0.25) is 5.91 Å². The lowest BCUT2D eigenvalue weighted by molar-refractivity contribution is -0.116. The molecule has 1 aromatic heterocycles. The lowest BCUT2D eigenvalue weighted by Gasteiger charge is -2.07. The van der Waals surface area contributed by atoms with Crippen LogP contribution in [0.4, 0.5) is 10.1 Å². The van der Waals surface area contributed by atoms with E-state index in [0.717, 1.165) is 10.9 Å². The Morgan fingerprint density at radius 2 is 1.89 bits per heavy atom. The van der Waals surface area contributed by atoms with Gasteiger partial charge in [-0.15, -0.1) is 0 Å². The number of hydrogen-bond donors (Lipinski definition) is 2. The van der Waals surface area contributed by atoms with Crippen LogP contribution in [0.5, 0.6) is 0 Å². The summed E-state index contributed by atoms with van der Waals surface area (Å²) in [5.41, 5.74) is 6.88. The van der Waals surface area contributed by atoms with E-state index in [0.29, 0.717) is 11.3 Å². The van der Waals surface area contributed by atoms with Gasteiger partial charge in [0.15, 0.2) is 0 Å². The van der Waals surface area contributed by atoms with E-state index in [4.69, 9.17) is 11.0 Å². The van der Waals surface area contributed by atoms with Gasteiger partial charge >= 0.3 is 0 Å². The van der Waals surface area contributed by atoms with Crippen molar-refractivity contribution in [1.82, 2.24) is 4.57 Å². The summed E-state index contributed by atoms with van der Waals surface area (Å²) in [5.74, 6) is -1.50. The Balaban J connectivity index is 1.91. The first kappa shape index (κ1) is 17.9. The number of benzene rings is 2. The number of anilines is 1. The predicted molar refractivity (Wildman–Crippen MR) is 99.8 cm³/mol. The van der Waals surface area contributed by atoms with Gasteiger partial charge in [-0.3, -0.25) is 9.59 Å². The van der Waals surface area contributed by atoms with Crippen LogP contribution >= 0.6 is 0 Å². The number of rotatable bonds is 5. The molecule has 0 aliphatic heterocycles. The highest BCUT2D eigenvalue weighted by atomic mass is 19.1. The van der Waals surface area contributed by atoms with Gasteiger partial charge in [0, 0.05) is 28.4 Å². The van der Waals surface area contributed by atoms with E-state index >= 15 is 0 Å². The lowest BCUT2D eigenvalue weighted by atomic mass is 10.1. The maximum Gasteiger partial charge on any atom is 0.259 e. The van der Waals surface area contributed by atoms with E-state index < -0.39 is 5.91 Å². The maximum absolute atomic E-state index is 13.0. The Bertz CT molecular complexity index is 1090. The minimum atomic E-state index is -0.816. The van der Waals surface area contributed by atoms with Gasteiger partial charge in [-0.1, -0.05) is 18.2 Å². The van der Waals surface area contributed by atoms with Gasteiger partial charge < -0.3 is 15.6 Å². The number of hydrogen-bond acceptors (Lipinski definition) is 3. The number of fused-ring (bicyclic) bond motifs is 1. The summed E-state index contributed by atoms with van der Waals surface area (Å²) in [7, 11) is 0. The molecule has 3 N–H and O–H groups in total. The van der Waals surface area contributed by atoms with Crippen molar-refractivity contribution in [3.63, 3.8) is 0 Å². The van der Waals surface area contributed by atoms with Crippen LogP contribution in [0.1, 0.15) is 5.56 Å². The number of nitriles is 1. The molecule has 7 heteroatoms. The molecule has 27 heavy (non-hydrogen) atoms. The largest absolute Gasteiger partial charge is 0.365 e. The van der Waals surface area contributed by atoms with Crippen molar-refractivity contribution in [2.75, 3.05) is 5.32 Å². The second-order valence-corrected chi connectivity index (χ2v) is 5.82. The smallest absolute Gasteiger partial charge is 0.259 e. The number of amides is 2. The van der Waals surface area contributed by atoms with Crippen LogP contribution < -0.4 is 11.1 Å². The molecule has 0 saturated carbocycles. The zero-order chi connectivity index (χ0) is 19.4. The Kier molecular flexibility index (Phi) is 4.99. The van der Waals surface area contributed by atoms with E-state index in [1.165, 1.54) is 30.3 Å². The third-order valence-corrected chi connectivity index (χ3v) is 3.95. The summed E-state index contributed by atoms with van der Waals surface area (Å²) in [6.45, 7) is 0.00415. The standard InChI is InChI=1S/C20H15FN4O2/c21-15-5-7-16(8-6-15)24-19(26)12-25-11-14(9-13(10-22)20(23)27)17-3-1-2-4-18(17)25/h1-9,11H,12H2,(H2,23,27)(H,24,26)/b13-9-. The van der Waals surface area contributed by atoms with E-state index in [9.17, 15) is 14.0 Å². The number of aromatic nitrogens is 1. The Labute approximate surface area is 154 Å². The van der Waals surface area contributed by atoms with E-state index in [1.54, 1.807) is 16.8 Å². The molecule has 0 fully saturated rings. The molecule has 0 unspecified atom stereocenters. The summed E-state index contributed by atoms with van der Waals surface area (Å²) >= 11 is 0. The number of primary amides is 1. The lowest BCUT2D eigenvalue weighted by Crippen LogP contribution is -2.18. The van der Waals surface area contributed by atoms with Crippen LogP contribution in [0.3, 0.4) is 0 Å². The van der Waals surface area contributed by atoms with Crippen LogP contribution in [-0.2, 0) is 16.1 Å². The van der Waals surface area contributed by atoms with Crippen molar-refractivity contribution >= 4 is 34.5 Å². The molecular weight excluding hydrogens is 347 g/mol. The fourth-order valence-electron chi connectivity index (χ4n) is 2.72. The van der Waals surface area contributed by atoms with Crippen molar-refractivity contribution in [3.8, 4) is 6.07 Å². The predicted octanol–water partition coefficient (Wildman–Crippen LogP) is 2.81. The molecule has 0 aliphatic carbocycles. The van der Waals surface area contributed by atoms with Crippen LogP contribution in [-0.4, -0.2) is 16.4 Å². The number of nitrogens with zero attached hydrogens (tertiary/aromatic N) is 2. The highest BCUT2D eigenvalue weighted by Gasteiger charge is 2.12. The molecule has 3 rings (SSSR count). The van der Waals surface area contributed by atoms with Crippen LogP contribution in [0.15, 0.2) is 60.3 Å². The first-order valence-corrected chi connectivity index (χ1v) is 8.03. The molecule has 2 aromatic carbocycles. The van der Waals surface area contributed by atoms with Gasteiger partial charge in [-0.05, 0) is 36.4 Å². The zero-order valence-electron chi connectivity index (χ0n) is 14.1. The van der Waals surface area contributed by atoms with Gasteiger partial charge in [-0.2, -0.15) is 5.26 Å². The molecule has 0 radical (unpaired) electrons. The monoisotopic (exact) mass is 362 g/mol. The molecule has 0 saturated heterocycles. The highest BCUT2D eigenvalue weighted by molar-refractivity contribution is 6.03. The van der Waals surface area contributed by atoms with Crippen molar-refractivity contribution in [3.05, 3.63) is 71.7 Å². The number of halogens is 1. The Morgan fingerprint density at radius 1 is 1.19 bits per heavy atom. The first-order chi connectivity index (χ1) is 13.0. The minimum absolute atomic E-state index is 0.00415. The summed E-state index contributed by atoms with van der Waals surface area (Å²) in [6.07, 6.45) is 3.08. The Morgan fingerprint density at radius 3 is 2.56 bits per heavy atom. The number of nitrogens with one attached hydrogen (secondary N) is 1. The summed E-state index contributed by atoms with van der Waals surface area (Å²) in [5, 5.41) is 12.5. The quantitative estimate of drug-likeness (QED) is 0.539. The number of carbonyl (C=O) groups excluding carboxylic acids is 2. The molecule has 0 spiro atoms. The molecule has 6 nitrogen and oxygen atoms in total. The van der Waals surface area contributed by atoms with Crippen LogP contribution in [0.25, 0.3) is 17.0 Å². The third kappa shape index (κ3) is 4.02. The number of nitrogens with two attached hydrogens (primary N) is 1. The fourth-order valence-corrected chi connectivity index (χ4v) is 2.72. The van der Waals surface area contributed by atoms with Gasteiger partial charge in [-0.25, -0.2) is 4.39 Å². The van der Waals surface area contributed by atoms with E-state index in [-0.39, 0.29) is 23.8 Å². The van der Waals surface area contributed by atoms with Gasteiger partial charge in [0.1, 0.15) is 24.0 Å². The minimum Gasteiger partial charge on any atom is -0.365 e. The first-order valence-electron chi connectivity index (χ1n) is 8.03. The van der Waals surface area contributed by atoms with Crippen molar-refractivity contribution < 1.29 is 14.0 Å². The summed E-state index contributed by atoms with van der Waals surface area (Å²) < 4.78 is 14.7.